The van der Waals surface area contributed by atoms with Crippen molar-refractivity contribution in [3.05, 3.63) is 64.7 Å². The van der Waals surface area contributed by atoms with Gasteiger partial charge < -0.3 is 5.32 Å². The minimum Gasteiger partial charge on any atom is -0.382 e. The van der Waals surface area contributed by atoms with Crippen molar-refractivity contribution in [3.8, 4) is 0 Å². The lowest BCUT2D eigenvalue weighted by atomic mass is 9.76. The van der Waals surface area contributed by atoms with Crippen molar-refractivity contribution in [2.45, 2.75) is 24.8 Å². The lowest BCUT2D eigenvalue weighted by Crippen LogP contribution is -2.34. The molecule has 0 aliphatic heterocycles. The van der Waals surface area contributed by atoms with Gasteiger partial charge in [-0.25, -0.2) is 8.78 Å². The first-order valence-electron chi connectivity index (χ1n) is 6.58. The van der Waals surface area contributed by atoms with E-state index >= 15 is 0 Å². The molecular formula is C16H14ClF2N. The average molecular weight is 294 g/mol. The molecule has 0 saturated heterocycles. The number of hydrogen-bond donors (Lipinski definition) is 1. The van der Waals surface area contributed by atoms with Crippen molar-refractivity contribution in [2.24, 2.45) is 0 Å². The molecule has 4 heteroatoms. The van der Waals surface area contributed by atoms with Crippen LogP contribution >= 0.6 is 11.6 Å². The molecule has 1 saturated carbocycles. The summed E-state index contributed by atoms with van der Waals surface area (Å²) in [6.07, 6.45) is 1.89. The summed E-state index contributed by atoms with van der Waals surface area (Å²) in [5.74, 6) is -0.652. The van der Waals surface area contributed by atoms with E-state index in [1.807, 2.05) is 18.2 Å². The molecular weight excluding hydrogens is 280 g/mol. The van der Waals surface area contributed by atoms with E-state index in [9.17, 15) is 8.78 Å². The number of anilines is 1. The molecule has 0 heterocycles. The molecule has 0 spiro atoms. The van der Waals surface area contributed by atoms with Crippen LogP contribution in [0.3, 0.4) is 0 Å². The fourth-order valence-electron chi connectivity index (χ4n) is 2.64. The maximum absolute atomic E-state index is 13.1. The van der Waals surface area contributed by atoms with Crippen molar-refractivity contribution in [2.75, 3.05) is 5.32 Å². The lowest BCUT2D eigenvalue weighted by Gasteiger charge is -2.37. The number of halogens is 3. The quantitative estimate of drug-likeness (QED) is 0.842. The van der Waals surface area contributed by atoms with Crippen LogP contribution in [-0.4, -0.2) is 6.04 Å². The Kier molecular flexibility index (Phi) is 3.62. The predicted octanol–water partition coefficient (Wildman–Crippen LogP) is 4.98. The monoisotopic (exact) mass is 293 g/mol. The highest BCUT2D eigenvalue weighted by Gasteiger charge is 2.30. The van der Waals surface area contributed by atoms with E-state index in [0.717, 1.165) is 23.9 Å². The zero-order chi connectivity index (χ0) is 14.1. The maximum atomic E-state index is 13.1. The van der Waals surface area contributed by atoms with Gasteiger partial charge >= 0.3 is 0 Å². The number of rotatable bonds is 3. The van der Waals surface area contributed by atoms with E-state index in [1.165, 1.54) is 17.7 Å². The van der Waals surface area contributed by atoms with E-state index in [-0.39, 0.29) is 6.04 Å². The van der Waals surface area contributed by atoms with Gasteiger partial charge in [-0.3, -0.25) is 0 Å². The molecule has 0 aromatic heterocycles. The van der Waals surface area contributed by atoms with Gasteiger partial charge in [-0.1, -0.05) is 23.7 Å². The van der Waals surface area contributed by atoms with Crippen LogP contribution in [-0.2, 0) is 0 Å². The fraction of sp³-hybridized carbons (Fsp3) is 0.250. The Labute approximate surface area is 121 Å². The van der Waals surface area contributed by atoms with E-state index in [2.05, 4.69) is 11.4 Å². The Balaban J connectivity index is 1.61. The average Bonchev–Trinajstić information content (AvgIpc) is 2.32. The second-order valence-electron chi connectivity index (χ2n) is 5.22. The Morgan fingerprint density at radius 1 is 1.00 bits per heavy atom. The third-order valence-corrected chi connectivity index (χ3v) is 3.93. The SMILES string of the molecule is Fc1cc(F)cc(NC2CC(c3cccc(Cl)c3)C2)c1. The zero-order valence-electron chi connectivity index (χ0n) is 10.7. The molecule has 0 amide bonds. The molecule has 1 N–H and O–H groups in total. The molecule has 1 fully saturated rings. The Morgan fingerprint density at radius 3 is 2.35 bits per heavy atom. The van der Waals surface area contributed by atoms with Crippen LogP contribution in [0.25, 0.3) is 0 Å². The largest absolute Gasteiger partial charge is 0.382 e. The molecule has 1 aliphatic carbocycles. The smallest absolute Gasteiger partial charge is 0.128 e. The molecule has 20 heavy (non-hydrogen) atoms. The topological polar surface area (TPSA) is 12.0 Å². The third-order valence-electron chi connectivity index (χ3n) is 3.69. The molecule has 0 atom stereocenters. The summed E-state index contributed by atoms with van der Waals surface area (Å²) in [6, 6.07) is 11.6. The fourth-order valence-corrected chi connectivity index (χ4v) is 2.84. The van der Waals surface area contributed by atoms with Gasteiger partial charge in [0, 0.05) is 22.8 Å². The van der Waals surface area contributed by atoms with Gasteiger partial charge in [-0.05, 0) is 48.6 Å². The van der Waals surface area contributed by atoms with Crippen LogP contribution in [0.2, 0.25) is 5.02 Å². The zero-order valence-corrected chi connectivity index (χ0v) is 11.5. The summed E-state index contributed by atoms with van der Waals surface area (Å²) in [6.45, 7) is 0. The van der Waals surface area contributed by atoms with E-state index < -0.39 is 11.6 Å². The standard InChI is InChI=1S/C16H14ClF2N/c17-12-3-1-2-10(4-12)11-5-15(6-11)20-16-8-13(18)7-14(19)9-16/h1-4,7-9,11,15,20H,5-6H2. The minimum atomic E-state index is -0.557. The van der Waals surface area contributed by atoms with Gasteiger partial charge in [-0.2, -0.15) is 0 Å². The van der Waals surface area contributed by atoms with Crippen LogP contribution in [0.15, 0.2) is 42.5 Å². The van der Waals surface area contributed by atoms with Crippen molar-refractivity contribution >= 4 is 17.3 Å². The Hall–Kier alpha value is -1.61. The summed E-state index contributed by atoms with van der Waals surface area (Å²) in [7, 11) is 0. The van der Waals surface area contributed by atoms with Gasteiger partial charge in [0.05, 0.1) is 0 Å². The first kappa shape index (κ1) is 13.4. The molecule has 2 aromatic carbocycles. The Morgan fingerprint density at radius 2 is 1.70 bits per heavy atom. The maximum Gasteiger partial charge on any atom is 0.128 e. The van der Waals surface area contributed by atoms with E-state index in [1.54, 1.807) is 0 Å². The highest BCUT2D eigenvalue weighted by atomic mass is 35.5. The van der Waals surface area contributed by atoms with Crippen molar-refractivity contribution in [1.29, 1.82) is 0 Å². The van der Waals surface area contributed by atoms with Crippen LogP contribution in [0.4, 0.5) is 14.5 Å². The molecule has 104 valence electrons. The molecule has 3 rings (SSSR count). The van der Waals surface area contributed by atoms with Gasteiger partial charge in [0.1, 0.15) is 11.6 Å². The molecule has 0 unspecified atom stereocenters. The molecule has 0 radical (unpaired) electrons. The highest BCUT2D eigenvalue weighted by Crippen LogP contribution is 2.39. The summed E-state index contributed by atoms with van der Waals surface area (Å²) >= 11 is 5.97. The molecule has 1 nitrogen and oxygen atoms in total. The summed E-state index contributed by atoms with van der Waals surface area (Å²) < 4.78 is 26.2. The minimum absolute atomic E-state index is 0.250. The van der Waals surface area contributed by atoms with E-state index in [0.29, 0.717) is 11.6 Å². The van der Waals surface area contributed by atoms with Crippen molar-refractivity contribution in [3.63, 3.8) is 0 Å². The van der Waals surface area contributed by atoms with Gasteiger partial charge in [-0.15, -0.1) is 0 Å². The Bertz CT molecular complexity index is 603. The third kappa shape index (κ3) is 2.93. The van der Waals surface area contributed by atoms with Crippen molar-refractivity contribution in [1.82, 2.24) is 0 Å². The second kappa shape index (κ2) is 5.41. The highest BCUT2D eigenvalue weighted by molar-refractivity contribution is 6.30. The summed E-state index contributed by atoms with van der Waals surface area (Å²) in [4.78, 5) is 0. The van der Waals surface area contributed by atoms with Crippen LogP contribution in [0, 0.1) is 11.6 Å². The van der Waals surface area contributed by atoms with Gasteiger partial charge in [0.15, 0.2) is 0 Å². The first-order valence-corrected chi connectivity index (χ1v) is 6.96. The normalized spacial score (nSPS) is 21.4. The van der Waals surface area contributed by atoms with Gasteiger partial charge in [0.25, 0.3) is 0 Å². The lowest BCUT2D eigenvalue weighted by molar-refractivity contribution is 0.374. The number of nitrogens with one attached hydrogen (secondary N) is 1. The van der Waals surface area contributed by atoms with Gasteiger partial charge in [0.2, 0.25) is 0 Å². The van der Waals surface area contributed by atoms with Crippen LogP contribution in [0.5, 0.6) is 0 Å². The first-order chi connectivity index (χ1) is 9.60. The van der Waals surface area contributed by atoms with Crippen LogP contribution < -0.4 is 5.32 Å². The second-order valence-corrected chi connectivity index (χ2v) is 5.66. The molecule has 1 aliphatic rings. The molecule has 2 aromatic rings. The number of benzene rings is 2. The summed E-state index contributed by atoms with van der Waals surface area (Å²) in [5, 5.41) is 3.90. The van der Waals surface area contributed by atoms with Crippen LogP contribution in [0.1, 0.15) is 24.3 Å². The summed E-state index contributed by atoms with van der Waals surface area (Å²) in [5.41, 5.74) is 1.72. The number of hydrogen-bond acceptors (Lipinski definition) is 1. The van der Waals surface area contributed by atoms with E-state index in [4.69, 9.17) is 11.6 Å². The predicted molar refractivity (Wildman–Crippen MR) is 77.2 cm³/mol. The molecule has 0 bridgehead atoms. The van der Waals surface area contributed by atoms with Crippen molar-refractivity contribution < 1.29 is 8.78 Å².